The molecule has 430 valence electrons. The summed E-state index contributed by atoms with van der Waals surface area (Å²) in [6, 6.07) is -1.18. The number of aliphatic hydroxyl groups excluding tert-OH is 7. The molecule has 0 aromatic carbocycles. The van der Waals surface area contributed by atoms with Crippen LogP contribution in [0.3, 0.4) is 0 Å². The van der Waals surface area contributed by atoms with Crippen molar-refractivity contribution in [2.75, 3.05) is 13.2 Å². The summed E-state index contributed by atoms with van der Waals surface area (Å²) in [5.74, 6) is -0.704. The van der Waals surface area contributed by atoms with Gasteiger partial charge in [-0.1, -0.05) is 249 Å². The van der Waals surface area contributed by atoms with Crippen LogP contribution in [0.25, 0.3) is 0 Å². The van der Waals surface area contributed by atoms with Crippen LogP contribution in [0, 0.1) is 0 Å². The van der Waals surface area contributed by atoms with Crippen molar-refractivity contribution in [2.24, 2.45) is 0 Å². The monoisotopic (exact) mass is 1040 g/mol. The van der Waals surface area contributed by atoms with Gasteiger partial charge in [0.05, 0.1) is 25.4 Å². The van der Waals surface area contributed by atoms with Crippen LogP contribution in [0.4, 0.5) is 0 Å². The fourth-order valence-electron chi connectivity index (χ4n) is 9.89. The first-order valence-corrected chi connectivity index (χ1v) is 30.9. The van der Waals surface area contributed by atoms with Gasteiger partial charge in [0.15, 0.2) is 6.29 Å². The van der Waals surface area contributed by atoms with E-state index in [9.17, 15) is 40.5 Å². The number of carbonyl (C=O) groups excluding carboxylic acids is 1. The number of ether oxygens (including phenoxy) is 2. The van der Waals surface area contributed by atoms with Crippen molar-refractivity contribution in [1.82, 2.24) is 5.32 Å². The molecule has 1 rings (SSSR count). The van der Waals surface area contributed by atoms with Crippen LogP contribution in [-0.2, 0) is 14.3 Å². The lowest BCUT2D eigenvalue weighted by Gasteiger charge is -2.40. The Labute approximate surface area is 447 Å². The summed E-state index contributed by atoms with van der Waals surface area (Å²) in [5.41, 5.74) is 0. The zero-order valence-corrected chi connectivity index (χ0v) is 47.1. The second-order valence-corrected chi connectivity index (χ2v) is 21.8. The normalized spacial score (nSPS) is 20.2. The van der Waals surface area contributed by atoms with Gasteiger partial charge in [0, 0.05) is 0 Å². The number of carbonyl (C=O) groups is 1. The number of nitrogens with one attached hydrogen (secondary N) is 1. The van der Waals surface area contributed by atoms with Gasteiger partial charge in [0.2, 0.25) is 5.91 Å². The van der Waals surface area contributed by atoms with Crippen LogP contribution in [0.1, 0.15) is 284 Å². The predicted molar refractivity (Wildman–Crippen MR) is 302 cm³/mol. The smallest absolute Gasteiger partial charge is 0.249 e. The maximum atomic E-state index is 13.2. The van der Waals surface area contributed by atoms with Crippen molar-refractivity contribution < 1.29 is 50.0 Å². The molecule has 8 N–H and O–H groups in total. The van der Waals surface area contributed by atoms with Gasteiger partial charge in [-0.3, -0.25) is 4.79 Å². The Balaban J connectivity index is 2.24. The number of rotatable bonds is 53. The van der Waals surface area contributed by atoms with Crippen LogP contribution in [0.15, 0.2) is 36.5 Å². The third kappa shape index (κ3) is 39.4. The van der Waals surface area contributed by atoms with Gasteiger partial charge in [-0.15, -0.1) is 0 Å². The fourth-order valence-corrected chi connectivity index (χ4v) is 9.89. The summed E-state index contributed by atoms with van der Waals surface area (Å²) in [7, 11) is 0. The van der Waals surface area contributed by atoms with Crippen LogP contribution >= 0.6 is 0 Å². The zero-order valence-electron chi connectivity index (χ0n) is 47.1. The van der Waals surface area contributed by atoms with Crippen LogP contribution in [-0.4, -0.2) is 110 Å². The molecular weight excluding hydrogens is 919 g/mol. The first kappa shape index (κ1) is 69.3. The van der Waals surface area contributed by atoms with Crippen molar-refractivity contribution >= 4 is 5.91 Å². The van der Waals surface area contributed by atoms with Gasteiger partial charge in [-0.05, 0) is 70.6 Å². The van der Waals surface area contributed by atoms with E-state index in [0.717, 1.165) is 44.9 Å². The number of allylic oxidation sites excluding steroid dienone is 6. The van der Waals surface area contributed by atoms with Gasteiger partial charge < -0.3 is 50.5 Å². The van der Waals surface area contributed by atoms with Gasteiger partial charge in [0.1, 0.15) is 36.6 Å². The molecule has 0 saturated carbocycles. The minimum absolute atomic E-state index is 0.254. The molecule has 0 spiro atoms. The number of hydrogen-bond donors (Lipinski definition) is 8. The Hall–Kier alpha value is -1.67. The molecule has 1 heterocycles. The first-order valence-electron chi connectivity index (χ1n) is 30.9. The van der Waals surface area contributed by atoms with Crippen molar-refractivity contribution in [3.63, 3.8) is 0 Å². The average molecular weight is 1040 g/mol. The number of amides is 1. The molecule has 0 radical (unpaired) electrons. The zero-order chi connectivity index (χ0) is 53.3. The number of unbranched alkanes of at least 4 members (excludes halogenated alkanes) is 35. The summed E-state index contributed by atoms with van der Waals surface area (Å²) in [5, 5.41) is 76.1. The van der Waals surface area contributed by atoms with E-state index in [2.05, 4.69) is 55.6 Å². The Morgan fingerprint density at radius 3 is 1.26 bits per heavy atom. The topological polar surface area (TPSA) is 189 Å². The minimum atomic E-state index is -1.67. The van der Waals surface area contributed by atoms with E-state index in [1.165, 1.54) is 199 Å². The van der Waals surface area contributed by atoms with E-state index in [0.29, 0.717) is 12.8 Å². The second-order valence-electron chi connectivity index (χ2n) is 21.8. The predicted octanol–water partition coefficient (Wildman–Crippen LogP) is 13.5. The molecule has 9 unspecified atom stereocenters. The van der Waals surface area contributed by atoms with Gasteiger partial charge in [-0.2, -0.15) is 0 Å². The SMILES string of the molecule is CCCCCCCCCCC/C=C\C/C=C\CCCCCCCCCCCCCCCCC(O)C(=O)NC(COC1OC(CO)C(O)C(O)C1O)C(O)C(O)CCC/C=C/CCCCCCCCCCCCC. The average Bonchev–Trinajstić information content (AvgIpc) is 3.39. The maximum Gasteiger partial charge on any atom is 0.249 e. The number of hydrogen-bond acceptors (Lipinski definition) is 10. The summed E-state index contributed by atoms with van der Waals surface area (Å²) in [6.07, 6.45) is 52.1. The molecule has 9 atom stereocenters. The van der Waals surface area contributed by atoms with Crippen molar-refractivity contribution in [1.29, 1.82) is 0 Å². The van der Waals surface area contributed by atoms with Crippen molar-refractivity contribution in [3.05, 3.63) is 36.5 Å². The van der Waals surface area contributed by atoms with Crippen molar-refractivity contribution in [3.8, 4) is 0 Å². The van der Waals surface area contributed by atoms with Crippen LogP contribution in [0.5, 0.6) is 0 Å². The Morgan fingerprint density at radius 1 is 0.479 bits per heavy atom. The molecule has 11 nitrogen and oxygen atoms in total. The lowest BCUT2D eigenvalue weighted by Crippen LogP contribution is -2.60. The standard InChI is InChI=1S/C62H117NO10/c1-3-5-7-9-11-13-15-17-19-21-22-23-24-25-26-27-28-29-30-31-32-33-34-36-38-40-42-44-46-48-50-55(66)61(71)63-53(52-72-62-60(70)59(69)58(68)56(51-64)73-62)57(67)54(65)49-47-45-43-41-39-37-35-20-18-16-14-12-10-8-6-4-2/h22-23,25-26,41,43,53-60,62,64-70H,3-21,24,27-40,42,44-52H2,1-2H3,(H,63,71)/b23-22-,26-25-,43-41+. The second kappa shape index (κ2) is 51.1. The molecular formula is C62H117NO10. The quantitative estimate of drug-likeness (QED) is 0.0215. The molecule has 1 saturated heterocycles. The third-order valence-electron chi connectivity index (χ3n) is 14.9. The van der Waals surface area contributed by atoms with E-state index in [-0.39, 0.29) is 12.8 Å². The molecule has 73 heavy (non-hydrogen) atoms. The summed E-state index contributed by atoms with van der Waals surface area (Å²) in [6.45, 7) is 3.46. The van der Waals surface area contributed by atoms with Gasteiger partial charge >= 0.3 is 0 Å². The molecule has 1 aliphatic heterocycles. The van der Waals surface area contributed by atoms with Crippen LogP contribution < -0.4 is 5.32 Å². The van der Waals surface area contributed by atoms with E-state index < -0.39 is 74.2 Å². The maximum absolute atomic E-state index is 13.2. The molecule has 0 aliphatic carbocycles. The van der Waals surface area contributed by atoms with Gasteiger partial charge in [0.25, 0.3) is 0 Å². The molecule has 1 amide bonds. The Morgan fingerprint density at radius 2 is 0.849 bits per heavy atom. The minimum Gasteiger partial charge on any atom is -0.394 e. The van der Waals surface area contributed by atoms with Crippen molar-refractivity contribution in [2.45, 2.75) is 339 Å². The molecule has 1 fully saturated rings. The molecule has 0 bridgehead atoms. The molecule has 11 heteroatoms. The summed E-state index contributed by atoms with van der Waals surface area (Å²) >= 11 is 0. The highest BCUT2D eigenvalue weighted by Gasteiger charge is 2.44. The Kier molecular flexibility index (Phi) is 48.5. The highest BCUT2D eigenvalue weighted by molar-refractivity contribution is 5.80. The largest absolute Gasteiger partial charge is 0.394 e. The van der Waals surface area contributed by atoms with E-state index in [1.807, 2.05) is 0 Å². The molecule has 1 aliphatic rings. The van der Waals surface area contributed by atoms with E-state index in [1.54, 1.807) is 0 Å². The van der Waals surface area contributed by atoms with E-state index >= 15 is 0 Å². The summed E-state index contributed by atoms with van der Waals surface area (Å²) < 4.78 is 11.1. The van der Waals surface area contributed by atoms with E-state index in [4.69, 9.17) is 9.47 Å². The van der Waals surface area contributed by atoms with Crippen LogP contribution in [0.2, 0.25) is 0 Å². The Bertz CT molecular complexity index is 1280. The lowest BCUT2D eigenvalue weighted by molar-refractivity contribution is -0.303. The van der Waals surface area contributed by atoms with Gasteiger partial charge in [-0.25, -0.2) is 0 Å². The highest BCUT2D eigenvalue weighted by Crippen LogP contribution is 2.23. The lowest BCUT2D eigenvalue weighted by atomic mass is 9.98. The fraction of sp³-hybridized carbons (Fsp3) is 0.887. The highest BCUT2D eigenvalue weighted by atomic mass is 16.7. The molecule has 0 aromatic rings. The summed E-state index contributed by atoms with van der Waals surface area (Å²) in [4.78, 5) is 13.2. The molecule has 0 aromatic heterocycles. The number of aliphatic hydroxyl groups is 7. The first-order chi connectivity index (χ1) is 35.7. The third-order valence-corrected chi connectivity index (χ3v) is 14.9.